The summed E-state index contributed by atoms with van der Waals surface area (Å²) in [4.78, 5) is 26.5. The van der Waals surface area contributed by atoms with Crippen LogP contribution in [-0.4, -0.2) is 49.9 Å². The standard InChI is InChI=1S/C27H33F2N3O4/c1-18(31-25(33)11-9-19-8-10-21(28)15-24(19)29)20-6-5-7-22(14-20)32-12-13-35-23(17-32)16-30-26(34)36-27(2,3)4/h5-11,14-15,18,23H,12-13,16-17H2,1-4H3,(H,30,34)(H,31,33)/t18?,23-/m0/s1. The molecule has 0 aromatic heterocycles. The van der Waals surface area contributed by atoms with Crippen molar-refractivity contribution in [2.75, 3.05) is 31.1 Å². The first kappa shape index (κ1) is 27.1. The van der Waals surface area contributed by atoms with Crippen molar-refractivity contribution in [1.29, 1.82) is 0 Å². The topological polar surface area (TPSA) is 79.9 Å². The van der Waals surface area contributed by atoms with Crippen molar-refractivity contribution >= 4 is 23.8 Å². The van der Waals surface area contributed by atoms with Crippen LogP contribution in [0.1, 0.15) is 44.9 Å². The summed E-state index contributed by atoms with van der Waals surface area (Å²) in [6.07, 6.45) is 1.86. The molecule has 0 bridgehead atoms. The molecule has 2 amide bonds. The van der Waals surface area contributed by atoms with Crippen LogP contribution in [0.3, 0.4) is 0 Å². The fourth-order valence-electron chi connectivity index (χ4n) is 3.73. The molecule has 1 unspecified atom stereocenters. The number of anilines is 1. The predicted octanol–water partition coefficient (Wildman–Crippen LogP) is 4.59. The Bertz CT molecular complexity index is 1100. The van der Waals surface area contributed by atoms with Crippen LogP contribution in [0.25, 0.3) is 6.08 Å². The lowest BCUT2D eigenvalue weighted by molar-refractivity contribution is -0.117. The normalized spacial score (nSPS) is 17.1. The van der Waals surface area contributed by atoms with Crippen molar-refractivity contribution in [2.45, 2.75) is 45.4 Å². The molecule has 1 fully saturated rings. The van der Waals surface area contributed by atoms with Gasteiger partial charge in [0, 0.05) is 43.0 Å². The molecule has 9 heteroatoms. The lowest BCUT2D eigenvalue weighted by Crippen LogP contribution is -2.48. The highest BCUT2D eigenvalue weighted by molar-refractivity contribution is 5.92. The number of halogens is 2. The second-order valence-corrected chi connectivity index (χ2v) is 9.65. The van der Waals surface area contributed by atoms with Crippen molar-refractivity contribution in [3.63, 3.8) is 0 Å². The van der Waals surface area contributed by atoms with Crippen LogP contribution in [-0.2, 0) is 14.3 Å². The smallest absolute Gasteiger partial charge is 0.407 e. The quantitative estimate of drug-likeness (QED) is 0.543. The van der Waals surface area contributed by atoms with Crippen LogP contribution in [0, 0.1) is 11.6 Å². The van der Waals surface area contributed by atoms with Gasteiger partial charge in [-0.05, 0) is 63.6 Å². The summed E-state index contributed by atoms with van der Waals surface area (Å²) in [5, 5.41) is 5.61. The minimum absolute atomic E-state index is 0.129. The van der Waals surface area contributed by atoms with Crippen molar-refractivity contribution in [1.82, 2.24) is 10.6 Å². The fraction of sp³-hybridized carbons (Fsp3) is 0.407. The van der Waals surface area contributed by atoms with E-state index in [4.69, 9.17) is 9.47 Å². The number of hydrogen-bond donors (Lipinski definition) is 2. The van der Waals surface area contributed by atoms with Crippen LogP contribution in [0.5, 0.6) is 0 Å². The Morgan fingerprint density at radius 3 is 2.72 bits per heavy atom. The number of morpholine rings is 1. The van der Waals surface area contributed by atoms with Crippen molar-refractivity contribution in [3.8, 4) is 0 Å². The van der Waals surface area contributed by atoms with Crippen molar-refractivity contribution < 1.29 is 27.8 Å². The number of benzene rings is 2. The maximum absolute atomic E-state index is 13.8. The molecule has 3 rings (SSSR count). The summed E-state index contributed by atoms with van der Waals surface area (Å²) >= 11 is 0. The summed E-state index contributed by atoms with van der Waals surface area (Å²) < 4.78 is 37.9. The van der Waals surface area contributed by atoms with Crippen LogP contribution < -0.4 is 15.5 Å². The highest BCUT2D eigenvalue weighted by Crippen LogP contribution is 2.23. The van der Waals surface area contributed by atoms with Crippen molar-refractivity contribution in [3.05, 3.63) is 71.3 Å². The van der Waals surface area contributed by atoms with Crippen LogP contribution in [0.4, 0.5) is 19.3 Å². The van der Waals surface area contributed by atoms with Gasteiger partial charge in [0.2, 0.25) is 5.91 Å². The predicted molar refractivity (Wildman–Crippen MR) is 135 cm³/mol. The molecule has 2 atom stereocenters. The highest BCUT2D eigenvalue weighted by atomic mass is 19.1. The summed E-state index contributed by atoms with van der Waals surface area (Å²) in [6.45, 7) is 9.41. The molecule has 0 saturated carbocycles. The Kier molecular flexibility index (Phi) is 9.03. The largest absolute Gasteiger partial charge is 0.444 e. The first-order valence-electron chi connectivity index (χ1n) is 11.9. The molecule has 1 aliphatic heterocycles. The Hall–Kier alpha value is -3.46. The van der Waals surface area contributed by atoms with E-state index in [1.807, 2.05) is 52.0 Å². The Morgan fingerprint density at radius 1 is 1.22 bits per heavy atom. The Balaban J connectivity index is 1.56. The zero-order chi connectivity index (χ0) is 26.3. The summed E-state index contributed by atoms with van der Waals surface area (Å²) in [5.74, 6) is -1.80. The third-order valence-electron chi connectivity index (χ3n) is 5.48. The van der Waals surface area contributed by atoms with Gasteiger partial charge < -0.3 is 25.0 Å². The van der Waals surface area contributed by atoms with Gasteiger partial charge >= 0.3 is 6.09 Å². The van der Waals surface area contributed by atoms with E-state index < -0.39 is 29.2 Å². The van der Waals surface area contributed by atoms with E-state index in [0.717, 1.165) is 23.4 Å². The molecular weight excluding hydrogens is 468 g/mol. The van der Waals surface area contributed by atoms with E-state index in [0.29, 0.717) is 26.2 Å². The minimum Gasteiger partial charge on any atom is -0.444 e. The molecular formula is C27H33F2N3O4. The number of carbonyl (C=O) groups is 2. The van der Waals surface area contributed by atoms with Gasteiger partial charge in [-0.1, -0.05) is 12.1 Å². The molecule has 7 nitrogen and oxygen atoms in total. The third-order valence-corrected chi connectivity index (χ3v) is 5.48. The van der Waals surface area contributed by atoms with Gasteiger partial charge in [-0.15, -0.1) is 0 Å². The van der Waals surface area contributed by atoms with Gasteiger partial charge in [0.25, 0.3) is 0 Å². The van der Waals surface area contributed by atoms with E-state index >= 15 is 0 Å². The van der Waals surface area contributed by atoms with E-state index in [9.17, 15) is 18.4 Å². The van der Waals surface area contributed by atoms with E-state index in [1.165, 1.54) is 18.2 Å². The number of amides is 2. The second kappa shape index (κ2) is 12.0. The minimum atomic E-state index is -0.732. The monoisotopic (exact) mass is 501 g/mol. The summed E-state index contributed by atoms with van der Waals surface area (Å²) in [7, 11) is 0. The van der Waals surface area contributed by atoms with Gasteiger partial charge in [-0.3, -0.25) is 4.79 Å². The van der Waals surface area contributed by atoms with E-state index in [-0.39, 0.29) is 17.7 Å². The number of ether oxygens (including phenoxy) is 2. The lowest BCUT2D eigenvalue weighted by Gasteiger charge is -2.35. The molecule has 2 N–H and O–H groups in total. The van der Waals surface area contributed by atoms with Crippen LogP contribution >= 0.6 is 0 Å². The molecule has 2 aromatic rings. The van der Waals surface area contributed by atoms with Gasteiger partial charge in [0.05, 0.1) is 18.8 Å². The second-order valence-electron chi connectivity index (χ2n) is 9.65. The maximum Gasteiger partial charge on any atom is 0.407 e. The molecule has 1 aliphatic rings. The number of carbonyl (C=O) groups excluding carboxylic acids is 2. The average Bonchev–Trinajstić information content (AvgIpc) is 2.81. The van der Waals surface area contributed by atoms with E-state index in [1.54, 1.807) is 0 Å². The zero-order valence-electron chi connectivity index (χ0n) is 21.0. The molecule has 1 heterocycles. The number of rotatable bonds is 7. The molecule has 0 aliphatic carbocycles. The number of alkyl carbamates (subject to hydrolysis) is 1. The number of hydrogen-bond acceptors (Lipinski definition) is 5. The molecule has 1 saturated heterocycles. The highest BCUT2D eigenvalue weighted by Gasteiger charge is 2.23. The van der Waals surface area contributed by atoms with Crippen LogP contribution in [0.2, 0.25) is 0 Å². The first-order chi connectivity index (χ1) is 17.0. The molecule has 0 radical (unpaired) electrons. The van der Waals surface area contributed by atoms with E-state index in [2.05, 4.69) is 15.5 Å². The Morgan fingerprint density at radius 2 is 2.00 bits per heavy atom. The first-order valence-corrected chi connectivity index (χ1v) is 11.9. The summed E-state index contributed by atoms with van der Waals surface area (Å²) in [5.41, 5.74) is 1.44. The third kappa shape index (κ3) is 8.34. The maximum atomic E-state index is 13.8. The van der Waals surface area contributed by atoms with Gasteiger partial charge in [0.15, 0.2) is 0 Å². The van der Waals surface area contributed by atoms with Crippen LogP contribution in [0.15, 0.2) is 48.5 Å². The van der Waals surface area contributed by atoms with Crippen molar-refractivity contribution in [2.24, 2.45) is 0 Å². The number of nitrogens with zero attached hydrogens (tertiary/aromatic N) is 1. The average molecular weight is 502 g/mol. The summed E-state index contributed by atoms with van der Waals surface area (Å²) in [6, 6.07) is 10.7. The molecule has 194 valence electrons. The number of nitrogens with one attached hydrogen (secondary N) is 2. The Labute approximate surface area is 210 Å². The molecule has 36 heavy (non-hydrogen) atoms. The molecule has 0 spiro atoms. The zero-order valence-corrected chi connectivity index (χ0v) is 21.0. The van der Waals surface area contributed by atoms with Gasteiger partial charge in [-0.2, -0.15) is 0 Å². The molecule has 2 aromatic carbocycles. The SMILES string of the molecule is CC(NC(=O)C=Cc1ccc(F)cc1F)c1cccc(N2CCO[C@@H](CNC(=O)OC(C)(C)C)C2)c1. The van der Waals surface area contributed by atoms with Gasteiger partial charge in [0.1, 0.15) is 17.2 Å². The fourth-order valence-corrected chi connectivity index (χ4v) is 3.73. The van der Waals surface area contributed by atoms with Gasteiger partial charge in [-0.25, -0.2) is 13.6 Å². The lowest BCUT2D eigenvalue weighted by atomic mass is 10.1.